The standard InChI is InChI=1S/C16H17ClN6O3/c1-3-23-9-11(17)13(21-23)15(24)20-12-8-19-22(2)14(12)16(25)18-7-10-5-4-6-26-10/h4-6,8-9H,3,7H2,1-2H3,(H,18,25)(H,20,24). The molecular formula is C16H17ClN6O3. The van der Waals surface area contributed by atoms with Crippen molar-refractivity contribution in [2.24, 2.45) is 7.05 Å². The van der Waals surface area contributed by atoms with Gasteiger partial charge in [-0.25, -0.2) is 0 Å². The highest BCUT2D eigenvalue weighted by atomic mass is 35.5. The van der Waals surface area contributed by atoms with Crippen molar-refractivity contribution in [2.45, 2.75) is 20.0 Å². The summed E-state index contributed by atoms with van der Waals surface area (Å²) in [4.78, 5) is 24.9. The summed E-state index contributed by atoms with van der Waals surface area (Å²) < 4.78 is 8.11. The fourth-order valence-corrected chi connectivity index (χ4v) is 2.59. The monoisotopic (exact) mass is 376 g/mol. The summed E-state index contributed by atoms with van der Waals surface area (Å²) in [5.41, 5.74) is 0.548. The Bertz CT molecular complexity index is 928. The average molecular weight is 377 g/mol. The van der Waals surface area contributed by atoms with Crippen LogP contribution in [0.25, 0.3) is 0 Å². The molecule has 0 aliphatic rings. The van der Waals surface area contributed by atoms with Crippen molar-refractivity contribution < 1.29 is 14.0 Å². The zero-order valence-corrected chi connectivity index (χ0v) is 14.9. The number of halogens is 1. The molecular weight excluding hydrogens is 360 g/mol. The van der Waals surface area contributed by atoms with Crippen LogP contribution in [-0.2, 0) is 20.1 Å². The number of carbonyl (C=O) groups excluding carboxylic acids is 2. The Kier molecular flexibility index (Phi) is 5.08. The molecule has 3 aromatic rings. The van der Waals surface area contributed by atoms with E-state index in [1.54, 1.807) is 30.1 Å². The van der Waals surface area contributed by atoms with Gasteiger partial charge in [-0.2, -0.15) is 10.2 Å². The first kappa shape index (κ1) is 17.7. The summed E-state index contributed by atoms with van der Waals surface area (Å²) in [6, 6.07) is 3.48. The van der Waals surface area contributed by atoms with E-state index < -0.39 is 11.8 Å². The molecule has 3 rings (SSSR count). The lowest BCUT2D eigenvalue weighted by molar-refractivity contribution is 0.0939. The second-order valence-electron chi connectivity index (χ2n) is 5.43. The average Bonchev–Trinajstić information content (AvgIpc) is 3.33. The van der Waals surface area contributed by atoms with Crippen molar-refractivity contribution in [1.29, 1.82) is 0 Å². The third-order valence-corrected chi connectivity index (χ3v) is 3.94. The highest BCUT2D eigenvalue weighted by Crippen LogP contribution is 2.19. The van der Waals surface area contributed by atoms with E-state index in [4.69, 9.17) is 16.0 Å². The minimum atomic E-state index is -0.518. The zero-order chi connectivity index (χ0) is 18.7. The minimum Gasteiger partial charge on any atom is -0.467 e. The molecule has 2 amide bonds. The third kappa shape index (κ3) is 3.62. The van der Waals surface area contributed by atoms with Crippen molar-refractivity contribution in [3.8, 4) is 0 Å². The largest absolute Gasteiger partial charge is 0.467 e. The molecule has 0 saturated carbocycles. The van der Waals surface area contributed by atoms with Gasteiger partial charge in [-0.1, -0.05) is 11.6 Å². The second-order valence-corrected chi connectivity index (χ2v) is 5.84. The van der Waals surface area contributed by atoms with E-state index >= 15 is 0 Å². The number of anilines is 1. The Morgan fingerprint density at radius 2 is 2.15 bits per heavy atom. The fourth-order valence-electron chi connectivity index (χ4n) is 2.36. The molecule has 0 radical (unpaired) electrons. The van der Waals surface area contributed by atoms with Gasteiger partial charge in [0.05, 0.1) is 29.7 Å². The van der Waals surface area contributed by atoms with Gasteiger partial charge in [0.2, 0.25) is 0 Å². The summed E-state index contributed by atoms with van der Waals surface area (Å²) in [5, 5.41) is 13.7. The topological polar surface area (TPSA) is 107 Å². The van der Waals surface area contributed by atoms with Crippen LogP contribution in [-0.4, -0.2) is 31.4 Å². The van der Waals surface area contributed by atoms with Gasteiger partial charge in [-0.15, -0.1) is 0 Å². The molecule has 0 spiro atoms. The molecule has 10 heteroatoms. The van der Waals surface area contributed by atoms with Gasteiger partial charge in [0.1, 0.15) is 11.5 Å². The summed E-state index contributed by atoms with van der Waals surface area (Å²) in [5.74, 6) is -0.305. The van der Waals surface area contributed by atoms with E-state index in [-0.39, 0.29) is 28.6 Å². The summed E-state index contributed by atoms with van der Waals surface area (Å²) >= 11 is 6.04. The molecule has 3 aromatic heterocycles. The molecule has 0 saturated heterocycles. The van der Waals surface area contributed by atoms with Gasteiger partial charge in [-0.05, 0) is 19.1 Å². The number of aromatic nitrogens is 4. The summed E-state index contributed by atoms with van der Waals surface area (Å²) in [6.45, 7) is 2.69. The number of nitrogens with zero attached hydrogens (tertiary/aromatic N) is 4. The predicted octanol–water partition coefficient (Wildman–Crippen LogP) is 2.07. The Hall–Kier alpha value is -3.07. The number of amides is 2. The molecule has 9 nitrogen and oxygen atoms in total. The number of nitrogens with one attached hydrogen (secondary N) is 2. The van der Waals surface area contributed by atoms with Gasteiger partial charge in [0.15, 0.2) is 5.69 Å². The number of hydrogen-bond acceptors (Lipinski definition) is 5. The molecule has 0 aromatic carbocycles. The van der Waals surface area contributed by atoms with Crippen molar-refractivity contribution in [1.82, 2.24) is 24.9 Å². The van der Waals surface area contributed by atoms with E-state index in [0.717, 1.165) is 0 Å². The first-order chi connectivity index (χ1) is 12.5. The Balaban J connectivity index is 1.75. The van der Waals surface area contributed by atoms with Crippen molar-refractivity contribution in [3.63, 3.8) is 0 Å². The number of carbonyl (C=O) groups is 2. The van der Waals surface area contributed by atoms with Crippen LogP contribution in [0, 0.1) is 0 Å². The number of rotatable bonds is 6. The zero-order valence-electron chi connectivity index (χ0n) is 14.2. The quantitative estimate of drug-likeness (QED) is 0.684. The maximum Gasteiger partial charge on any atom is 0.277 e. The van der Waals surface area contributed by atoms with Crippen molar-refractivity contribution >= 4 is 29.1 Å². The highest BCUT2D eigenvalue weighted by Gasteiger charge is 2.22. The molecule has 136 valence electrons. The van der Waals surface area contributed by atoms with Gasteiger partial charge in [0, 0.05) is 19.8 Å². The van der Waals surface area contributed by atoms with E-state index in [0.29, 0.717) is 12.3 Å². The van der Waals surface area contributed by atoms with Crippen LogP contribution in [0.15, 0.2) is 35.2 Å². The first-order valence-electron chi connectivity index (χ1n) is 7.86. The van der Waals surface area contributed by atoms with Crippen LogP contribution in [0.2, 0.25) is 5.02 Å². The van der Waals surface area contributed by atoms with Gasteiger partial charge >= 0.3 is 0 Å². The van der Waals surface area contributed by atoms with Crippen LogP contribution in [0.1, 0.15) is 33.7 Å². The fraction of sp³-hybridized carbons (Fsp3) is 0.250. The van der Waals surface area contributed by atoms with E-state index in [2.05, 4.69) is 20.8 Å². The highest BCUT2D eigenvalue weighted by molar-refractivity contribution is 6.34. The third-order valence-electron chi connectivity index (χ3n) is 3.66. The first-order valence-corrected chi connectivity index (χ1v) is 8.24. The van der Waals surface area contributed by atoms with Gasteiger partial charge < -0.3 is 15.1 Å². The molecule has 26 heavy (non-hydrogen) atoms. The molecule has 0 aliphatic carbocycles. The lowest BCUT2D eigenvalue weighted by Gasteiger charge is -2.07. The maximum absolute atomic E-state index is 12.5. The lowest BCUT2D eigenvalue weighted by Crippen LogP contribution is -2.26. The van der Waals surface area contributed by atoms with E-state index in [9.17, 15) is 9.59 Å². The van der Waals surface area contributed by atoms with Crippen LogP contribution in [0.5, 0.6) is 0 Å². The number of hydrogen-bond donors (Lipinski definition) is 2. The molecule has 3 heterocycles. The normalized spacial score (nSPS) is 10.7. The summed E-state index contributed by atoms with van der Waals surface area (Å²) in [7, 11) is 1.61. The lowest BCUT2D eigenvalue weighted by atomic mass is 10.3. The Labute approximate surface area is 153 Å². The van der Waals surface area contributed by atoms with Crippen LogP contribution in [0.4, 0.5) is 5.69 Å². The van der Waals surface area contributed by atoms with Crippen molar-refractivity contribution in [2.75, 3.05) is 5.32 Å². The van der Waals surface area contributed by atoms with E-state index in [1.165, 1.54) is 17.1 Å². The number of aryl methyl sites for hydroxylation is 2. The number of furan rings is 1. The minimum absolute atomic E-state index is 0.0827. The predicted molar refractivity (Wildman–Crippen MR) is 94.0 cm³/mol. The molecule has 0 bridgehead atoms. The smallest absolute Gasteiger partial charge is 0.277 e. The van der Waals surface area contributed by atoms with Crippen LogP contribution < -0.4 is 10.6 Å². The van der Waals surface area contributed by atoms with Gasteiger partial charge in [0.25, 0.3) is 11.8 Å². The maximum atomic E-state index is 12.5. The van der Waals surface area contributed by atoms with Crippen molar-refractivity contribution in [3.05, 3.63) is 53.0 Å². The molecule has 0 fully saturated rings. The summed E-state index contributed by atoms with van der Waals surface area (Å²) in [6.07, 6.45) is 4.48. The molecule has 2 N–H and O–H groups in total. The second kappa shape index (κ2) is 7.44. The van der Waals surface area contributed by atoms with Gasteiger partial charge in [-0.3, -0.25) is 19.0 Å². The Morgan fingerprint density at radius 3 is 2.81 bits per heavy atom. The van der Waals surface area contributed by atoms with Crippen LogP contribution >= 0.6 is 11.6 Å². The molecule has 0 unspecified atom stereocenters. The van der Waals surface area contributed by atoms with Crippen LogP contribution in [0.3, 0.4) is 0 Å². The Morgan fingerprint density at radius 1 is 1.35 bits per heavy atom. The van der Waals surface area contributed by atoms with E-state index in [1.807, 2.05) is 6.92 Å². The SMILES string of the molecule is CCn1cc(Cl)c(C(=O)Nc2cnn(C)c2C(=O)NCc2ccco2)n1. The molecule has 0 aliphatic heterocycles. The molecule has 0 atom stereocenters.